The first-order valence-electron chi connectivity index (χ1n) is 5.23. The van der Waals surface area contributed by atoms with Crippen LogP contribution in [0.15, 0.2) is 10.9 Å². The summed E-state index contributed by atoms with van der Waals surface area (Å²) in [5, 5.41) is 0.256. The molecule has 86 valence electrons. The molecule has 5 nitrogen and oxygen atoms in total. The summed E-state index contributed by atoms with van der Waals surface area (Å²) >= 11 is 5.82. The Kier molecular flexibility index (Phi) is 2.03. The number of nitrogens with zero attached hydrogens (tertiary/aromatic N) is 3. The molecule has 0 radical (unpaired) electrons. The van der Waals surface area contributed by atoms with E-state index >= 15 is 0 Å². The topological polar surface area (TPSA) is 47.4 Å². The highest BCUT2D eigenvalue weighted by atomic mass is 35.5. The zero-order valence-electron chi connectivity index (χ0n) is 8.94. The highest BCUT2D eigenvalue weighted by molar-refractivity contribution is 6.29. The normalized spacial score (nSPS) is 27.8. The lowest BCUT2D eigenvalue weighted by Crippen LogP contribution is -2.53. The molecule has 6 heteroatoms. The molecule has 2 aliphatic heterocycles. The second kappa shape index (κ2) is 3.21. The van der Waals surface area contributed by atoms with E-state index in [9.17, 15) is 4.79 Å². The molecule has 1 aromatic rings. The van der Waals surface area contributed by atoms with Gasteiger partial charge < -0.3 is 9.64 Å². The maximum atomic E-state index is 11.7. The standard InChI is InChI=1S/C10H12ClN3O2/c1-10-5-13-8(4-7(11)12-9(13)15)14(10)2-3-16-6-10/h4H,2-3,5-6H2,1H3/t10-/m0/s1. The summed E-state index contributed by atoms with van der Waals surface area (Å²) in [5.41, 5.74) is -0.422. The van der Waals surface area contributed by atoms with E-state index in [0.717, 1.165) is 12.4 Å². The van der Waals surface area contributed by atoms with E-state index < -0.39 is 0 Å². The number of ether oxygens (including phenoxy) is 1. The Balaban J connectivity index is 2.17. The molecule has 1 aromatic heterocycles. The molecule has 0 bridgehead atoms. The zero-order valence-corrected chi connectivity index (χ0v) is 9.70. The number of aromatic nitrogens is 2. The predicted molar refractivity (Wildman–Crippen MR) is 60.1 cm³/mol. The average molecular weight is 242 g/mol. The van der Waals surface area contributed by atoms with Crippen LogP contribution in [0.3, 0.4) is 0 Å². The number of fused-ring (bicyclic) bond motifs is 3. The summed E-state index contributed by atoms with van der Waals surface area (Å²) in [5.74, 6) is 0.857. The Morgan fingerprint density at radius 3 is 3.25 bits per heavy atom. The van der Waals surface area contributed by atoms with Crippen molar-refractivity contribution in [2.45, 2.75) is 19.0 Å². The van der Waals surface area contributed by atoms with Gasteiger partial charge in [0.2, 0.25) is 0 Å². The fourth-order valence-corrected chi connectivity index (χ4v) is 2.67. The van der Waals surface area contributed by atoms with Gasteiger partial charge in [0.25, 0.3) is 0 Å². The van der Waals surface area contributed by atoms with E-state index in [4.69, 9.17) is 16.3 Å². The molecule has 0 unspecified atom stereocenters. The van der Waals surface area contributed by atoms with E-state index in [1.165, 1.54) is 0 Å². The molecule has 1 fully saturated rings. The number of morpholine rings is 1. The number of hydrogen-bond acceptors (Lipinski definition) is 4. The molecule has 0 amide bonds. The van der Waals surface area contributed by atoms with Crippen LogP contribution in [0.25, 0.3) is 0 Å². The highest BCUT2D eigenvalue weighted by Crippen LogP contribution is 2.34. The molecule has 0 aliphatic carbocycles. The lowest BCUT2D eigenvalue weighted by atomic mass is 10.0. The third-order valence-corrected chi connectivity index (χ3v) is 3.45. The summed E-state index contributed by atoms with van der Waals surface area (Å²) in [6.07, 6.45) is 0. The molecular formula is C10H12ClN3O2. The summed E-state index contributed by atoms with van der Waals surface area (Å²) in [4.78, 5) is 17.6. The first kappa shape index (κ1) is 10.1. The molecule has 1 atom stereocenters. The van der Waals surface area contributed by atoms with Crippen molar-refractivity contribution >= 4 is 17.4 Å². The van der Waals surface area contributed by atoms with Crippen molar-refractivity contribution < 1.29 is 4.74 Å². The molecule has 16 heavy (non-hydrogen) atoms. The Hall–Kier alpha value is -1.07. The number of rotatable bonds is 0. The van der Waals surface area contributed by atoms with E-state index in [-0.39, 0.29) is 16.4 Å². The number of hydrogen-bond donors (Lipinski definition) is 0. The van der Waals surface area contributed by atoms with E-state index in [1.54, 1.807) is 10.6 Å². The minimum absolute atomic E-state index is 0.142. The highest BCUT2D eigenvalue weighted by Gasteiger charge is 2.43. The molecule has 0 aromatic carbocycles. The second-order valence-electron chi connectivity index (χ2n) is 4.51. The summed E-state index contributed by atoms with van der Waals surface area (Å²) in [6.45, 7) is 4.81. The molecule has 3 heterocycles. The van der Waals surface area contributed by atoms with Crippen LogP contribution >= 0.6 is 11.6 Å². The van der Waals surface area contributed by atoms with Gasteiger partial charge in [-0.3, -0.25) is 4.57 Å². The Morgan fingerprint density at radius 1 is 1.62 bits per heavy atom. The molecule has 0 N–H and O–H groups in total. The molecule has 2 aliphatic rings. The Labute approximate surface area is 97.6 Å². The van der Waals surface area contributed by atoms with E-state index in [2.05, 4.69) is 16.8 Å². The van der Waals surface area contributed by atoms with Crippen molar-refractivity contribution in [3.8, 4) is 0 Å². The van der Waals surface area contributed by atoms with Gasteiger partial charge in [0.1, 0.15) is 11.0 Å². The number of anilines is 1. The number of halogens is 1. The molecule has 1 saturated heterocycles. The largest absolute Gasteiger partial charge is 0.377 e. The van der Waals surface area contributed by atoms with Crippen molar-refractivity contribution in [2.75, 3.05) is 24.7 Å². The fourth-order valence-electron chi connectivity index (χ4n) is 2.50. The van der Waals surface area contributed by atoms with Gasteiger partial charge in [-0.05, 0) is 6.92 Å². The average Bonchev–Trinajstić information content (AvgIpc) is 2.52. The van der Waals surface area contributed by atoms with Gasteiger partial charge in [0.05, 0.1) is 25.3 Å². The minimum atomic E-state index is -0.280. The second-order valence-corrected chi connectivity index (χ2v) is 4.89. The lowest BCUT2D eigenvalue weighted by molar-refractivity contribution is 0.0586. The first-order valence-corrected chi connectivity index (χ1v) is 5.61. The molecule has 0 saturated carbocycles. The SMILES string of the molecule is C[C@]12COCCN1c1cc(Cl)nc(=O)n1C2. The van der Waals surface area contributed by atoms with Crippen LogP contribution in [0.4, 0.5) is 5.82 Å². The summed E-state index contributed by atoms with van der Waals surface area (Å²) in [7, 11) is 0. The monoisotopic (exact) mass is 241 g/mol. The quantitative estimate of drug-likeness (QED) is 0.621. The summed E-state index contributed by atoms with van der Waals surface area (Å²) in [6, 6.07) is 1.75. The third-order valence-electron chi connectivity index (χ3n) is 3.26. The maximum absolute atomic E-state index is 11.7. The fraction of sp³-hybridized carbons (Fsp3) is 0.600. The third kappa shape index (κ3) is 1.28. The van der Waals surface area contributed by atoms with Crippen LogP contribution in [-0.4, -0.2) is 34.8 Å². The van der Waals surface area contributed by atoms with Gasteiger partial charge in [-0.1, -0.05) is 11.6 Å². The van der Waals surface area contributed by atoms with Gasteiger partial charge >= 0.3 is 5.69 Å². The smallest absolute Gasteiger partial charge is 0.350 e. The predicted octanol–water partition coefficient (Wildman–Crippen LogP) is 0.506. The summed E-state index contributed by atoms with van der Waals surface area (Å²) < 4.78 is 7.14. The van der Waals surface area contributed by atoms with Crippen LogP contribution in [0.1, 0.15) is 6.92 Å². The van der Waals surface area contributed by atoms with Crippen molar-refractivity contribution in [3.63, 3.8) is 0 Å². The molecular weight excluding hydrogens is 230 g/mol. The van der Waals surface area contributed by atoms with Crippen LogP contribution < -0.4 is 10.6 Å². The van der Waals surface area contributed by atoms with Crippen molar-refractivity contribution in [3.05, 3.63) is 21.7 Å². The van der Waals surface area contributed by atoms with Crippen molar-refractivity contribution in [1.29, 1.82) is 0 Å². The van der Waals surface area contributed by atoms with Gasteiger partial charge in [0.15, 0.2) is 0 Å². The Morgan fingerprint density at radius 2 is 2.44 bits per heavy atom. The van der Waals surface area contributed by atoms with Gasteiger partial charge in [-0.25, -0.2) is 4.79 Å². The van der Waals surface area contributed by atoms with Crippen LogP contribution in [0.5, 0.6) is 0 Å². The maximum Gasteiger partial charge on any atom is 0.350 e. The van der Waals surface area contributed by atoms with Crippen molar-refractivity contribution in [2.24, 2.45) is 0 Å². The Bertz CT molecular complexity index is 501. The molecule has 3 rings (SSSR count). The zero-order chi connectivity index (χ0) is 11.3. The van der Waals surface area contributed by atoms with E-state index in [0.29, 0.717) is 19.8 Å². The van der Waals surface area contributed by atoms with Crippen molar-refractivity contribution in [1.82, 2.24) is 9.55 Å². The molecule has 0 spiro atoms. The minimum Gasteiger partial charge on any atom is -0.377 e. The van der Waals surface area contributed by atoms with Crippen LogP contribution in [0.2, 0.25) is 5.15 Å². The first-order chi connectivity index (χ1) is 7.60. The van der Waals surface area contributed by atoms with Gasteiger partial charge in [-0.15, -0.1) is 0 Å². The van der Waals surface area contributed by atoms with Crippen LogP contribution in [0, 0.1) is 0 Å². The lowest BCUT2D eigenvalue weighted by Gasteiger charge is -2.39. The van der Waals surface area contributed by atoms with Crippen LogP contribution in [-0.2, 0) is 11.3 Å². The van der Waals surface area contributed by atoms with Gasteiger partial charge in [0, 0.05) is 12.6 Å². The van der Waals surface area contributed by atoms with E-state index in [1.807, 2.05) is 0 Å². The van der Waals surface area contributed by atoms with Gasteiger partial charge in [-0.2, -0.15) is 4.98 Å².